The van der Waals surface area contributed by atoms with Gasteiger partial charge in [0.2, 0.25) is 0 Å². The summed E-state index contributed by atoms with van der Waals surface area (Å²) in [5, 5.41) is 0. The summed E-state index contributed by atoms with van der Waals surface area (Å²) < 4.78 is 1.39. The van der Waals surface area contributed by atoms with E-state index in [9.17, 15) is 0 Å². The Kier molecular flexibility index (Phi) is 40.3. The maximum absolute atomic E-state index is 8.63. The summed E-state index contributed by atoms with van der Waals surface area (Å²) in [6.07, 6.45) is 26.4. The summed E-state index contributed by atoms with van der Waals surface area (Å²) in [6.45, 7) is 13.9. The predicted molar refractivity (Wildman–Crippen MR) is 138 cm³/mol. The van der Waals surface area contributed by atoms with Crippen molar-refractivity contribution in [3.8, 4) is 0 Å². The van der Waals surface area contributed by atoms with Gasteiger partial charge in [0.15, 0.2) is 0 Å². The SMILES string of the molecule is CCCCP(CCCC)CCCC.CCCCP(CCCC)CCCC.O=[C]=[Rh]. The normalized spacial score (nSPS) is 10.2. The molecule has 0 atom stereocenters. The molecule has 0 aromatic heterocycles. The molecule has 0 bridgehead atoms. The van der Waals surface area contributed by atoms with Crippen LogP contribution in [0.3, 0.4) is 0 Å². The van der Waals surface area contributed by atoms with Gasteiger partial charge in [0.05, 0.1) is 0 Å². The van der Waals surface area contributed by atoms with E-state index in [0.29, 0.717) is 15.8 Å². The van der Waals surface area contributed by atoms with Crippen LogP contribution in [0.2, 0.25) is 0 Å². The Morgan fingerprint density at radius 2 is 0.621 bits per heavy atom. The van der Waals surface area contributed by atoms with E-state index in [-0.39, 0.29) is 0 Å². The van der Waals surface area contributed by atoms with Gasteiger partial charge < -0.3 is 0 Å². The molecule has 1 nitrogen and oxygen atoms in total. The molecule has 0 aromatic rings. The van der Waals surface area contributed by atoms with Gasteiger partial charge in [0.1, 0.15) is 0 Å². The zero-order valence-corrected chi connectivity index (χ0v) is 24.3. The van der Waals surface area contributed by atoms with E-state index in [0.717, 1.165) is 0 Å². The Morgan fingerprint density at radius 3 is 0.724 bits per heavy atom. The van der Waals surface area contributed by atoms with Crippen LogP contribution in [-0.4, -0.2) is 41.4 Å². The second kappa shape index (κ2) is 33.7. The van der Waals surface area contributed by atoms with Gasteiger partial charge in [-0.2, -0.15) is 0 Å². The second-order valence-electron chi connectivity index (χ2n) is 7.87. The molecule has 0 spiro atoms. The van der Waals surface area contributed by atoms with E-state index < -0.39 is 0 Å². The number of hydrogen-bond acceptors (Lipinski definition) is 1. The summed E-state index contributed by atoms with van der Waals surface area (Å²) in [6, 6.07) is 0. The minimum atomic E-state index is 0.422. The zero-order valence-electron chi connectivity index (χ0n) is 20.9. The van der Waals surface area contributed by atoms with Crippen LogP contribution in [0, 0.1) is 0 Å². The van der Waals surface area contributed by atoms with Crippen LogP contribution in [0.15, 0.2) is 0 Å². The van der Waals surface area contributed by atoms with Crippen LogP contribution in [0.5, 0.6) is 0 Å². The summed E-state index contributed by atoms with van der Waals surface area (Å²) in [4.78, 5) is 8.63. The van der Waals surface area contributed by atoms with Crippen LogP contribution in [-0.2, 0) is 22.6 Å². The monoisotopic (exact) mass is 535 g/mol. The standard InChI is InChI=1S/2C12H27P.CO.Rh/c2*1-4-7-10-13(11-8-5-2)12-9-6-3;1-2;/h2*4-12H2,1-3H3;;. The molecule has 0 amide bonds. The van der Waals surface area contributed by atoms with Gasteiger partial charge in [-0.3, -0.25) is 0 Å². The molecule has 29 heavy (non-hydrogen) atoms. The predicted octanol–water partition coefficient (Wildman–Crippen LogP) is 9.34. The molecule has 0 saturated heterocycles. The van der Waals surface area contributed by atoms with Crippen LogP contribution in [0.1, 0.15) is 119 Å². The number of hydrogen-bond donors (Lipinski definition) is 0. The molecule has 4 heteroatoms. The topological polar surface area (TPSA) is 17.1 Å². The van der Waals surface area contributed by atoms with Crippen molar-refractivity contribution in [1.82, 2.24) is 0 Å². The van der Waals surface area contributed by atoms with E-state index in [4.69, 9.17) is 4.79 Å². The fourth-order valence-electron chi connectivity index (χ4n) is 2.96. The molecule has 0 N–H and O–H groups in total. The van der Waals surface area contributed by atoms with E-state index >= 15 is 0 Å². The summed E-state index contributed by atoms with van der Waals surface area (Å²) >= 11 is 1.92. The van der Waals surface area contributed by atoms with Gasteiger partial charge >= 0.3 is 27.1 Å². The molecular weight excluding hydrogens is 481 g/mol. The van der Waals surface area contributed by atoms with Gasteiger partial charge in [-0.05, 0) is 75.5 Å². The van der Waals surface area contributed by atoms with Crippen molar-refractivity contribution in [2.45, 2.75) is 119 Å². The van der Waals surface area contributed by atoms with Gasteiger partial charge in [0.25, 0.3) is 0 Å². The quantitative estimate of drug-likeness (QED) is 0.126. The molecule has 0 radical (unpaired) electrons. The molecule has 0 fully saturated rings. The van der Waals surface area contributed by atoms with Gasteiger partial charge in [0, 0.05) is 0 Å². The summed E-state index contributed by atoms with van der Waals surface area (Å²) in [5.74, 6) is 0. The number of carbonyl (C=O) groups excluding carboxylic acids is 1. The van der Waals surface area contributed by atoms with Gasteiger partial charge in [-0.25, -0.2) is 0 Å². The number of rotatable bonds is 18. The Morgan fingerprint density at radius 1 is 0.483 bits per heavy atom. The van der Waals surface area contributed by atoms with Crippen molar-refractivity contribution in [2.75, 3.05) is 37.0 Å². The van der Waals surface area contributed by atoms with Crippen molar-refractivity contribution in [3.05, 3.63) is 0 Å². The van der Waals surface area contributed by atoms with Gasteiger partial charge in [-0.15, -0.1) is 15.8 Å². The van der Waals surface area contributed by atoms with Crippen LogP contribution in [0.25, 0.3) is 0 Å². The first-order valence-corrected chi connectivity index (χ1v) is 17.1. The van der Waals surface area contributed by atoms with E-state index in [1.807, 2.05) is 17.9 Å². The molecule has 0 aliphatic carbocycles. The molecule has 0 aliphatic rings. The van der Waals surface area contributed by atoms with Crippen LogP contribution in [0.4, 0.5) is 0 Å². The molecule has 0 unspecified atom stereocenters. The second-order valence-corrected chi connectivity index (χ2v) is 13.6. The summed E-state index contributed by atoms with van der Waals surface area (Å²) in [7, 11) is 0.843. The molecule has 0 saturated carbocycles. The molecule has 179 valence electrons. The molecule has 0 heterocycles. The Balaban J connectivity index is -0.000000410. The number of unbranched alkanes of at least 4 members (excludes halogenated alkanes) is 6. The van der Waals surface area contributed by atoms with Gasteiger partial charge in [-0.1, -0.05) is 80.1 Å². The first kappa shape index (κ1) is 34.7. The minimum absolute atomic E-state index is 0.422. The molecule has 0 rings (SSSR count). The molecular formula is C25H54OP2Rh. The summed E-state index contributed by atoms with van der Waals surface area (Å²) in [5.41, 5.74) is 0. The Hall–Kier alpha value is 1.06. The average molecular weight is 536 g/mol. The third kappa shape index (κ3) is 33.9. The maximum atomic E-state index is 8.63. The third-order valence-electron chi connectivity index (χ3n) is 4.97. The van der Waals surface area contributed by atoms with Crippen LogP contribution < -0.4 is 0 Å². The Labute approximate surface area is 198 Å². The molecule has 0 aliphatic heterocycles. The molecule has 0 aromatic carbocycles. The first-order chi connectivity index (χ1) is 14.1. The van der Waals surface area contributed by atoms with Crippen molar-refractivity contribution in [1.29, 1.82) is 0 Å². The zero-order chi connectivity index (χ0) is 22.6. The van der Waals surface area contributed by atoms with E-state index in [1.54, 1.807) is 37.0 Å². The first-order valence-electron chi connectivity index (χ1n) is 12.5. The van der Waals surface area contributed by atoms with Crippen LogP contribution >= 0.6 is 15.8 Å². The van der Waals surface area contributed by atoms with Crippen molar-refractivity contribution in [3.63, 3.8) is 0 Å². The average Bonchev–Trinajstić information content (AvgIpc) is 2.73. The van der Waals surface area contributed by atoms with Crippen molar-refractivity contribution >= 4 is 20.3 Å². The van der Waals surface area contributed by atoms with Crippen molar-refractivity contribution < 1.29 is 22.6 Å². The van der Waals surface area contributed by atoms with Crippen molar-refractivity contribution in [2.24, 2.45) is 0 Å². The van der Waals surface area contributed by atoms with E-state index in [2.05, 4.69) is 41.5 Å². The fourth-order valence-corrected chi connectivity index (χ4v) is 8.88. The van der Waals surface area contributed by atoms with E-state index in [1.165, 1.54) is 81.5 Å². The third-order valence-corrected chi connectivity index (χ3v) is 10.7. The fraction of sp³-hybridized carbons (Fsp3) is 0.960. The Bertz CT molecular complexity index is 245.